The van der Waals surface area contributed by atoms with E-state index in [1.165, 1.54) is 5.56 Å². The highest BCUT2D eigenvalue weighted by Crippen LogP contribution is 2.09. The Morgan fingerprint density at radius 3 is 2.38 bits per heavy atom. The van der Waals surface area contributed by atoms with Crippen LogP contribution in [0.3, 0.4) is 0 Å². The standard InChI is InChI=1S/C11H12ClN/c1-13(2)9-3-4-10-5-7-11(12)8-6-10/h5-8H,4H2,1-2H3. The molecule has 1 aromatic carbocycles. The van der Waals surface area contributed by atoms with Crippen LogP contribution in [0.4, 0.5) is 0 Å². The van der Waals surface area contributed by atoms with Crippen LogP contribution in [0.15, 0.2) is 24.3 Å². The number of hydrogen-bond donors (Lipinski definition) is 0. The minimum Gasteiger partial charge on any atom is -0.339 e. The van der Waals surface area contributed by atoms with E-state index in [0.717, 1.165) is 11.4 Å². The van der Waals surface area contributed by atoms with Gasteiger partial charge in [0.2, 0.25) is 0 Å². The molecular formula is C11H12ClN. The monoisotopic (exact) mass is 193 g/mol. The molecule has 0 saturated heterocycles. The minimum atomic E-state index is 0.768. The molecule has 0 unspecified atom stereocenters. The van der Waals surface area contributed by atoms with Crippen LogP contribution < -0.4 is 0 Å². The minimum absolute atomic E-state index is 0.768. The van der Waals surface area contributed by atoms with Gasteiger partial charge in [-0.15, -0.1) is 0 Å². The van der Waals surface area contributed by atoms with Crippen molar-refractivity contribution < 1.29 is 0 Å². The summed E-state index contributed by atoms with van der Waals surface area (Å²) in [5.41, 5.74) is 1.19. The van der Waals surface area contributed by atoms with Gasteiger partial charge in [0.25, 0.3) is 0 Å². The van der Waals surface area contributed by atoms with Gasteiger partial charge in [0.15, 0.2) is 0 Å². The quantitative estimate of drug-likeness (QED) is 0.489. The van der Waals surface area contributed by atoms with Crippen molar-refractivity contribution >= 4 is 11.6 Å². The second kappa shape index (κ2) is 4.79. The third-order valence-corrected chi connectivity index (χ3v) is 1.76. The van der Waals surface area contributed by atoms with Gasteiger partial charge in [-0.2, -0.15) is 0 Å². The van der Waals surface area contributed by atoms with Crippen LogP contribution in [-0.4, -0.2) is 19.0 Å². The molecule has 2 heteroatoms. The molecule has 68 valence electrons. The Hall–Kier alpha value is -1.13. The zero-order chi connectivity index (χ0) is 9.68. The lowest BCUT2D eigenvalue weighted by atomic mass is 10.2. The largest absolute Gasteiger partial charge is 0.339 e. The molecule has 0 fully saturated rings. The van der Waals surface area contributed by atoms with Crippen molar-refractivity contribution in [3.8, 4) is 12.0 Å². The molecule has 13 heavy (non-hydrogen) atoms. The molecule has 0 atom stereocenters. The lowest BCUT2D eigenvalue weighted by Crippen LogP contribution is -2.01. The first kappa shape index (κ1) is 9.95. The number of nitrogens with zero attached hydrogens (tertiary/aromatic N) is 1. The maximum absolute atomic E-state index is 5.75. The molecular weight excluding hydrogens is 182 g/mol. The van der Waals surface area contributed by atoms with E-state index in [2.05, 4.69) is 12.0 Å². The molecule has 0 bridgehead atoms. The average molecular weight is 194 g/mol. The summed E-state index contributed by atoms with van der Waals surface area (Å²) >= 11 is 5.75. The van der Waals surface area contributed by atoms with E-state index in [4.69, 9.17) is 11.6 Å². The second-order valence-electron chi connectivity index (χ2n) is 2.99. The molecule has 0 N–H and O–H groups in total. The van der Waals surface area contributed by atoms with E-state index in [-0.39, 0.29) is 0 Å². The Bertz CT molecular complexity index is 316. The van der Waals surface area contributed by atoms with Gasteiger partial charge in [-0.25, -0.2) is 0 Å². The van der Waals surface area contributed by atoms with Gasteiger partial charge in [0.1, 0.15) is 0 Å². The first-order valence-electron chi connectivity index (χ1n) is 4.09. The lowest BCUT2D eigenvalue weighted by molar-refractivity contribution is 0.597. The van der Waals surface area contributed by atoms with Gasteiger partial charge in [-0.1, -0.05) is 29.7 Å². The van der Waals surface area contributed by atoms with Crippen molar-refractivity contribution in [2.45, 2.75) is 6.42 Å². The van der Waals surface area contributed by atoms with E-state index in [0.29, 0.717) is 0 Å². The lowest BCUT2D eigenvalue weighted by Gasteiger charge is -1.98. The molecule has 0 aliphatic carbocycles. The summed E-state index contributed by atoms with van der Waals surface area (Å²) < 4.78 is 0. The van der Waals surface area contributed by atoms with Gasteiger partial charge >= 0.3 is 0 Å². The Morgan fingerprint density at radius 2 is 1.85 bits per heavy atom. The summed E-state index contributed by atoms with van der Waals surface area (Å²) in [7, 11) is 3.85. The van der Waals surface area contributed by atoms with Gasteiger partial charge in [0, 0.05) is 31.6 Å². The van der Waals surface area contributed by atoms with Crippen LogP contribution in [0, 0.1) is 12.0 Å². The van der Waals surface area contributed by atoms with Crippen LogP contribution in [0.5, 0.6) is 0 Å². The summed E-state index contributed by atoms with van der Waals surface area (Å²) in [6.45, 7) is 0. The molecule has 0 aromatic heterocycles. The Morgan fingerprint density at radius 1 is 1.23 bits per heavy atom. The average Bonchev–Trinajstić information content (AvgIpc) is 2.08. The Kier molecular flexibility index (Phi) is 3.67. The molecule has 1 aromatic rings. The predicted molar refractivity (Wildman–Crippen MR) is 56.6 cm³/mol. The van der Waals surface area contributed by atoms with Gasteiger partial charge in [0.05, 0.1) is 0 Å². The molecule has 0 radical (unpaired) electrons. The van der Waals surface area contributed by atoms with Crippen molar-refractivity contribution in [2.75, 3.05) is 14.1 Å². The topological polar surface area (TPSA) is 3.24 Å². The van der Waals surface area contributed by atoms with E-state index in [1.807, 2.05) is 43.3 Å². The number of hydrogen-bond acceptors (Lipinski definition) is 1. The summed E-state index contributed by atoms with van der Waals surface area (Å²) in [6.07, 6.45) is 0.773. The van der Waals surface area contributed by atoms with Crippen LogP contribution in [-0.2, 0) is 6.42 Å². The fraction of sp³-hybridized carbons (Fsp3) is 0.273. The molecule has 0 saturated carbocycles. The zero-order valence-corrected chi connectivity index (χ0v) is 8.60. The van der Waals surface area contributed by atoms with Crippen molar-refractivity contribution in [3.63, 3.8) is 0 Å². The summed E-state index contributed by atoms with van der Waals surface area (Å²) in [5.74, 6) is 3.05. The fourth-order valence-electron chi connectivity index (χ4n) is 0.902. The van der Waals surface area contributed by atoms with Crippen LogP contribution in [0.1, 0.15) is 5.56 Å². The molecule has 0 amide bonds. The van der Waals surface area contributed by atoms with Crippen LogP contribution in [0.25, 0.3) is 0 Å². The highest BCUT2D eigenvalue weighted by atomic mass is 35.5. The second-order valence-corrected chi connectivity index (χ2v) is 3.42. The smallest absolute Gasteiger partial charge is 0.0406 e. The van der Waals surface area contributed by atoms with E-state index in [9.17, 15) is 0 Å². The number of rotatable bonds is 1. The zero-order valence-electron chi connectivity index (χ0n) is 7.84. The summed E-state index contributed by atoms with van der Waals surface area (Å²) in [5, 5.41) is 0.768. The highest BCUT2D eigenvalue weighted by Gasteiger charge is 1.89. The molecule has 1 nitrogen and oxygen atoms in total. The van der Waals surface area contributed by atoms with Crippen LogP contribution >= 0.6 is 11.6 Å². The maximum Gasteiger partial charge on any atom is 0.0406 e. The molecule has 0 aliphatic heterocycles. The SMILES string of the molecule is CN(C)C#CCc1ccc(Cl)cc1. The van der Waals surface area contributed by atoms with Gasteiger partial charge in [-0.05, 0) is 17.7 Å². The molecule has 1 rings (SSSR count). The maximum atomic E-state index is 5.75. The summed E-state index contributed by atoms with van der Waals surface area (Å²) in [4.78, 5) is 1.84. The molecule has 0 aliphatic rings. The van der Waals surface area contributed by atoms with E-state index < -0.39 is 0 Å². The Labute approximate surface area is 84.3 Å². The fourth-order valence-corrected chi connectivity index (χ4v) is 1.03. The van der Waals surface area contributed by atoms with Crippen molar-refractivity contribution in [1.29, 1.82) is 0 Å². The van der Waals surface area contributed by atoms with Crippen molar-refractivity contribution in [1.82, 2.24) is 4.90 Å². The first-order valence-corrected chi connectivity index (χ1v) is 4.46. The normalized spacial score (nSPS) is 8.85. The highest BCUT2D eigenvalue weighted by molar-refractivity contribution is 6.30. The van der Waals surface area contributed by atoms with Gasteiger partial charge in [-0.3, -0.25) is 0 Å². The molecule has 0 heterocycles. The molecule has 0 spiro atoms. The van der Waals surface area contributed by atoms with E-state index in [1.54, 1.807) is 0 Å². The van der Waals surface area contributed by atoms with Crippen LogP contribution in [0.2, 0.25) is 5.02 Å². The van der Waals surface area contributed by atoms with Gasteiger partial charge < -0.3 is 4.90 Å². The number of halogens is 1. The first-order chi connectivity index (χ1) is 6.18. The third-order valence-electron chi connectivity index (χ3n) is 1.51. The van der Waals surface area contributed by atoms with Crippen molar-refractivity contribution in [3.05, 3.63) is 34.9 Å². The van der Waals surface area contributed by atoms with Crippen molar-refractivity contribution in [2.24, 2.45) is 0 Å². The summed E-state index contributed by atoms with van der Waals surface area (Å²) in [6, 6.07) is 10.7. The Balaban J connectivity index is 2.57. The van der Waals surface area contributed by atoms with E-state index >= 15 is 0 Å². The third kappa shape index (κ3) is 3.87. The number of benzene rings is 1. The predicted octanol–water partition coefficient (Wildman–Crippen LogP) is 2.41.